The molecule has 0 saturated heterocycles. The number of hydrogen-bond donors (Lipinski definition) is 0. The van der Waals surface area contributed by atoms with Gasteiger partial charge >= 0.3 is 17.9 Å². The summed E-state index contributed by atoms with van der Waals surface area (Å²) < 4.78 is 43.0. The largest absolute Gasteiger partial charge is 0.454 e. The quantitative estimate of drug-likeness (QED) is 0.811. The van der Waals surface area contributed by atoms with Crippen molar-refractivity contribution in [3.63, 3.8) is 0 Å². The average molecular weight is 251 g/mol. The third-order valence-corrected chi connectivity index (χ3v) is 2.42. The first-order chi connectivity index (χ1) is 7.92. The monoisotopic (exact) mass is 251 g/mol. The van der Waals surface area contributed by atoms with Crippen molar-refractivity contribution in [2.75, 3.05) is 6.61 Å². The van der Waals surface area contributed by atoms with Crippen molar-refractivity contribution in [2.45, 2.75) is 38.5 Å². The molecular formula is C9H12F3N3O2. The van der Waals surface area contributed by atoms with Crippen LogP contribution in [0.1, 0.15) is 25.8 Å². The molecule has 0 aliphatic heterocycles. The van der Waals surface area contributed by atoms with E-state index >= 15 is 0 Å². The molecule has 0 amide bonds. The maximum atomic E-state index is 12.0. The number of ether oxygens (including phenoxy) is 1. The number of nitrogens with zero attached hydrogens (tertiary/aromatic N) is 3. The Kier molecular flexibility index (Phi) is 2.88. The smallest absolute Gasteiger partial charge is 0.422 e. The van der Waals surface area contributed by atoms with Crippen LogP contribution >= 0.6 is 0 Å². The van der Waals surface area contributed by atoms with Crippen LogP contribution in [-0.4, -0.2) is 27.1 Å². The van der Waals surface area contributed by atoms with Crippen molar-refractivity contribution in [3.8, 4) is 6.01 Å². The molecule has 96 valence electrons. The SMILES string of the molecule is CCn1nc(OCC(F)(F)F)n(C2CC2)c1=O. The summed E-state index contributed by atoms with van der Waals surface area (Å²) in [5.74, 6) is 0. The molecule has 0 bridgehead atoms. The van der Waals surface area contributed by atoms with Gasteiger partial charge in [-0.25, -0.2) is 14.0 Å². The van der Waals surface area contributed by atoms with Gasteiger partial charge in [-0.05, 0) is 19.8 Å². The van der Waals surface area contributed by atoms with Gasteiger partial charge in [0, 0.05) is 12.6 Å². The Labute approximate surface area is 94.8 Å². The molecule has 0 N–H and O–H groups in total. The fourth-order valence-corrected chi connectivity index (χ4v) is 1.50. The van der Waals surface area contributed by atoms with Crippen LogP contribution in [0.2, 0.25) is 0 Å². The second-order valence-corrected chi connectivity index (χ2v) is 3.89. The standard InChI is InChI=1S/C9H12F3N3O2/c1-2-14-8(16)15(6-3-4-6)7(13-14)17-5-9(10,11)12/h6H,2-5H2,1H3. The van der Waals surface area contributed by atoms with Crippen molar-refractivity contribution in [1.82, 2.24) is 14.3 Å². The zero-order valence-electron chi connectivity index (χ0n) is 9.20. The van der Waals surface area contributed by atoms with Crippen molar-refractivity contribution in [2.24, 2.45) is 0 Å². The number of rotatable bonds is 4. The first-order valence-electron chi connectivity index (χ1n) is 5.31. The second kappa shape index (κ2) is 4.08. The Morgan fingerprint density at radius 3 is 2.59 bits per heavy atom. The van der Waals surface area contributed by atoms with Crippen molar-refractivity contribution in [3.05, 3.63) is 10.5 Å². The Bertz CT molecular complexity index is 459. The molecule has 2 rings (SSSR count). The molecule has 8 heteroatoms. The maximum Gasteiger partial charge on any atom is 0.422 e. The van der Waals surface area contributed by atoms with E-state index in [0.29, 0.717) is 6.54 Å². The average Bonchev–Trinajstić information content (AvgIpc) is 3.00. The molecule has 0 radical (unpaired) electrons. The molecule has 5 nitrogen and oxygen atoms in total. The highest BCUT2D eigenvalue weighted by molar-refractivity contribution is 5.01. The van der Waals surface area contributed by atoms with E-state index in [2.05, 4.69) is 9.84 Å². The number of aromatic nitrogens is 3. The highest BCUT2D eigenvalue weighted by atomic mass is 19.4. The lowest BCUT2D eigenvalue weighted by Gasteiger charge is -2.08. The van der Waals surface area contributed by atoms with Crippen LogP contribution in [0.5, 0.6) is 6.01 Å². The van der Waals surface area contributed by atoms with Crippen LogP contribution < -0.4 is 10.4 Å². The van der Waals surface area contributed by atoms with Crippen molar-refractivity contribution < 1.29 is 17.9 Å². The van der Waals surface area contributed by atoms with E-state index in [1.54, 1.807) is 6.92 Å². The minimum Gasteiger partial charge on any atom is -0.454 e. The van der Waals surface area contributed by atoms with Crippen LogP contribution in [0.25, 0.3) is 0 Å². The minimum atomic E-state index is -4.43. The van der Waals surface area contributed by atoms with Gasteiger partial charge in [-0.2, -0.15) is 13.2 Å². The van der Waals surface area contributed by atoms with Crippen molar-refractivity contribution in [1.29, 1.82) is 0 Å². The lowest BCUT2D eigenvalue weighted by Crippen LogP contribution is -2.25. The lowest BCUT2D eigenvalue weighted by atomic mass is 10.6. The third kappa shape index (κ3) is 2.62. The minimum absolute atomic E-state index is 0.0639. The molecule has 1 heterocycles. The maximum absolute atomic E-state index is 12.0. The van der Waals surface area contributed by atoms with Gasteiger partial charge in [-0.1, -0.05) is 0 Å². The van der Waals surface area contributed by atoms with Crippen LogP contribution in [0.15, 0.2) is 4.79 Å². The number of halogens is 3. The molecule has 0 atom stereocenters. The van der Waals surface area contributed by atoms with E-state index in [0.717, 1.165) is 17.5 Å². The molecule has 1 fully saturated rings. The number of aryl methyl sites for hydroxylation is 1. The van der Waals surface area contributed by atoms with E-state index in [-0.39, 0.29) is 12.1 Å². The van der Waals surface area contributed by atoms with Gasteiger partial charge in [0.2, 0.25) is 0 Å². The summed E-state index contributed by atoms with van der Waals surface area (Å²) in [6, 6.07) is -0.303. The number of alkyl halides is 3. The van der Waals surface area contributed by atoms with E-state index in [1.807, 2.05) is 0 Å². The molecule has 17 heavy (non-hydrogen) atoms. The summed E-state index contributed by atoms with van der Waals surface area (Å²) in [5.41, 5.74) is -0.410. The number of hydrogen-bond acceptors (Lipinski definition) is 3. The summed E-state index contributed by atoms with van der Waals surface area (Å²) >= 11 is 0. The molecule has 0 unspecified atom stereocenters. The molecule has 0 aromatic carbocycles. The Morgan fingerprint density at radius 2 is 2.12 bits per heavy atom. The fraction of sp³-hybridized carbons (Fsp3) is 0.778. The zero-order chi connectivity index (χ0) is 12.6. The van der Waals surface area contributed by atoms with Gasteiger partial charge in [0.1, 0.15) is 0 Å². The molecule has 1 aromatic rings. The van der Waals surface area contributed by atoms with Crippen LogP contribution in [0, 0.1) is 0 Å². The second-order valence-electron chi connectivity index (χ2n) is 3.89. The Balaban J connectivity index is 2.23. The molecule has 1 aromatic heterocycles. The van der Waals surface area contributed by atoms with Crippen LogP contribution in [0.4, 0.5) is 13.2 Å². The first kappa shape index (κ1) is 12.0. The summed E-state index contributed by atoms with van der Waals surface area (Å²) in [6.07, 6.45) is -2.88. The predicted molar refractivity (Wildman–Crippen MR) is 52.0 cm³/mol. The summed E-state index contributed by atoms with van der Waals surface area (Å²) in [4.78, 5) is 11.7. The van der Waals surface area contributed by atoms with Gasteiger partial charge in [0.05, 0.1) is 0 Å². The normalized spacial score (nSPS) is 16.2. The van der Waals surface area contributed by atoms with Crippen LogP contribution in [0.3, 0.4) is 0 Å². The topological polar surface area (TPSA) is 49.0 Å². The molecule has 1 saturated carbocycles. The van der Waals surface area contributed by atoms with Gasteiger partial charge in [-0.15, -0.1) is 5.10 Å². The van der Waals surface area contributed by atoms with Crippen LogP contribution in [-0.2, 0) is 6.54 Å². The van der Waals surface area contributed by atoms with E-state index in [9.17, 15) is 18.0 Å². The van der Waals surface area contributed by atoms with Gasteiger partial charge in [0.25, 0.3) is 0 Å². The van der Waals surface area contributed by atoms with Gasteiger partial charge in [-0.3, -0.25) is 0 Å². The summed E-state index contributed by atoms with van der Waals surface area (Å²) in [5, 5.41) is 3.74. The third-order valence-electron chi connectivity index (χ3n) is 2.42. The van der Waals surface area contributed by atoms with Gasteiger partial charge in [0.15, 0.2) is 6.61 Å². The zero-order valence-corrected chi connectivity index (χ0v) is 9.20. The van der Waals surface area contributed by atoms with E-state index < -0.39 is 18.5 Å². The predicted octanol–water partition coefficient (Wildman–Crippen LogP) is 1.34. The molecule has 1 aliphatic rings. The Morgan fingerprint density at radius 1 is 1.47 bits per heavy atom. The first-order valence-corrected chi connectivity index (χ1v) is 5.31. The highest BCUT2D eigenvalue weighted by Crippen LogP contribution is 2.36. The molecule has 0 spiro atoms. The fourth-order valence-electron chi connectivity index (χ4n) is 1.50. The van der Waals surface area contributed by atoms with Gasteiger partial charge < -0.3 is 4.74 Å². The van der Waals surface area contributed by atoms with E-state index in [4.69, 9.17) is 0 Å². The highest BCUT2D eigenvalue weighted by Gasteiger charge is 2.33. The molecular weight excluding hydrogens is 239 g/mol. The summed E-state index contributed by atoms with van der Waals surface area (Å²) in [6.45, 7) is 0.569. The summed E-state index contributed by atoms with van der Waals surface area (Å²) in [7, 11) is 0. The lowest BCUT2D eigenvalue weighted by molar-refractivity contribution is -0.155. The molecule has 1 aliphatic carbocycles. The Hall–Kier alpha value is -1.47. The van der Waals surface area contributed by atoms with E-state index in [1.165, 1.54) is 4.57 Å². The van der Waals surface area contributed by atoms with Crippen molar-refractivity contribution >= 4 is 0 Å².